The van der Waals surface area contributed by atoms with Crippen molar-refractivity contribution in [3.8, 4) is 6.07 Å². The van der Waals surface area contributed by atoms with Gasteiger partial charge in [-0.15, -0.1) is 0 Å². The Labute approximate surface area is 112 Å². The molecule has 102 valence electrons. The number of nitrogens with zero attached hydrogens (tertiary/aromatic N) is 1. The highest BCUT2D eigenvalue weighted by Gasteiger charge is 2.25. The van der Waals surface area contributed by atoms with Gasteiger partial charge in [0.1, 0.15) is 0 Å². The predicted octanol–water partition coefficient (Wildman–Crippen LogP) is 3.87. The zero-order valence-corrected chi connectivity index (χ0v) is 11.8. The van der Waals surface area contributed by atoms with Gasteiger partial charge in [-0.3, -0.25) is 0 Å². The van der Waals surface area contributed by atoms with E-state index in [1.54, 1.807) is 0 Å². The van der Waals surface area contributed by atoms with Crippen LogP contribution < -0.4 is 5.32 Å². The highest BCUT2D eigenvalue weighted by molar-refractivity contribution is 4.93. The molecular formula is C16H28N2. The molecule has 0 bridgehead atoms. The fourth-order valence-corrected chi connectivity index (χ4v) is 3.77. The Bertz CT molecular complexity index is 281. The van der Waals surface area contributed by atoms with Crippen molar-refractivity contribution in [2.24, 2.45) is 17.8 Å². The molecule has 4 unspecified atom stereocenters. The maximum absolute atomic E-state index is 9.28. The molecule has 0 radical (unpaired) electrons. The van der Waals surface area contributed by atoms with Gasteiger partial charge in [0.2, 0.25) is 0 Å². The first kappa shape index (κ1) is 13.9. The van der Waals surface area contributed by atoms with Crippen molar-refractivity contribution < 1.29 is 0 Å². The molecule has 2 fully saturated rings. The average Bonchev–Trinajstić information content (AvgIpc) is 2.61. The summed E-state index contributed by atoms with van der Waals surface area (Å²) in [7, 11) is 0. The molecule has 2 nitrogen and oxygen atoms in total. The lowest BCUT2D eigenvalue weighted by molar-refractivity contribution is 0.256. The lowest BCUT2D eigenvalue weighted by Crippen LogP contribution is -2.39. The highest BCUT2D eigenvalue weighted by Crippen LogP contribution is 2.29. The van der Waals surface area contributed by atoms with Gasteiger partial charge in [-0.05, 0) is 44.1 Å². The lowest BCUT2D eigenvalue weighted by Gasteiger charge is -2.29. The predicted molar refractivity (Wildman–Crippen MR) is 75.1 cm³/mol. The van der Waals surface area contributed by atoms with Crippen LogP contribution in [0.2, 0.25) is 0 Å². The summed E-state index contributed by atoms with van der Waals surface area (Å²) in [5, 5.41) is 13.0. The molecule has 0 aromatic carbocycles. The van der Waals surface area contributed by atoms with Crippen LogP contribution in [0, 0.1) is 29.1 Å². The van der Waals surface area contributed by atoms with Gasteiger partial charge in [-0.25, -0.2) is 0 Å². The minimum absolute atomic E-state index is 0.258. The van der Waals surface area contributed by atoms with Crippen LogP contribution in [0.5, 0.6) is 0 Å². The molecule has 0 saturated heterocycles. The summed E-state index contributed by atoms with van der Waals surface area (Å²) < 4.78 is 0. The summed E-state index contributed by atoms with van der Waals surface area (Å²) in [6, 6.07) is 3.00. The van der Waals surface area contributed by atoms with Gasteiger partial charge in [-0.2, -0.15) is 5.26 Å². The standard InChI is InChI=1S/C16H28N2/c1-13-6-5-7-14(10-13)12-18-16-9-4-2-3-8-15(16)11-17/h13-16,18H,2-10,12H2,1H3. The molecule has 2 saturated carbocycles. The zero-order valence-electron chi connectivity index (χ0n) is 11.8. The van der Waals surface area contributed by atoms with Crippen molar-refractivity contribution in [1.82, 2.24) is 5.32 Å². The number of hydrogen-bond donors (Lipinski definition) is 1. The second-order valence-electron chi connectivity index (χ2n) is 6.53. The third-order valence-electron chi connectivity index (χ3n) is 4.90. The number of hydrogen-bond acceptors (Lipinski definition) is 2. The van der Waals surface area contributed by atoms with Gasteiger partial charge in [0.15, 0.2) is 0 Å². The van der Waals surface area contributed by atoms with Crippen molar-refractivity contribution in [3.63, 3.8) is 0 Å². The molecule has 0 amide bonds. The van der Waals surface area contributed by atoms with E-state index in [2.05, 4.69) is 18.3 Å². The van der Waals surface area contributed by atoms with E-state index in [4.69, 9.17) is 0 Å². The van der Waals surface area contributed by atoms with Crippen LogP contribution >= 0.6 is 0 Å². The van der Waals surface area contributed by atoms with Crippen LogP contribution in [-0.4, -0.2) is 12.6 Å². The van der Waals surface area contributed by atoms with Crippen LogP contribution in [-0.2, 0) is 0 Å². The van der Waals surface area contributed by atoms with Gasteiger partial charge >= 0.3 is 0 Å². The monoisotopic (exact) mass is 248 g/mol. The molecule has 0 spiro atoms. The number of nitrogens with one attached hydrogen (secondary N) is 1. The van der Waals surface area contributed by atoms with E-state index >= 15 is 0 Å². The molecule has 0 heterocycles. The summed E-state index contributed by atoms with van der Waals surface area (Å²) in [6.07, 6.45) is 11.8. The second-order valence-corrected chi connectivity index (χ2v) is 6.53. The fraction of sp³-hybridized carbons (Fsp3) is 0.938. The molecule has 0 aromatic heterocycles. The molecular weight excluding hydrogens is 220 g/mol. The van der Waals surface area contributed by atoms with Crippen molar-refractivity contribution in [2.75, 3.05) is 6.54 Å². The zero-order chi connectivity index (χ0) is 12.8. The Hall–Kier alpha value is -0.550. The van der Waals surface area contributed by atoms with Crippen molar-refractivity contribution in [2.45, 2.75) is 70.8 Å². The first-order valence-electron chi connectivity index (χ1n) is 7.92. The topological polar surface area (TPSA) is 35.8 Å². The molecule has 2 heteroatoms. The summed E-state index contributed by atoms with van der Waals surface area (Å²) in [5.41, 5.74) is 0. The average molecular weight is 248 g/mol. The molecule has 1 N–H and O–H groups in total. The van der Waals surface area contributed by atoms with Crippen molar-refractivity contribution in [1.29, 1.82) is 5.26 Å². The van der Waals surface area contributed by atoms with Gasteiger partial charge in [0.05, 0.1) is 12.0 Å². The molecule has 2 aliphatic carbocycles. The maximum Gasteiger partial charge on any atom is 0.0672 e. The Balaban J connectivity index is 1.78. The van der Waals surface area contributed by atoms with E-state index in [0.29, 0.717) is 6.04 Å². The van der Waals surface area contributed by atoms with E-state index in [0.717, 1.165) is 24.8 Å². The number of nitriles is 1. The normalized spacial score (nSPS) is 37.8. The molecule has 4 atom stereocenters. The summed E-state index contributed by atoms with van der Waals surface area (Å²) >= 11 is 0. The van der Waals surface area contributed by atoms with Gasteiger partial charge < -0.3 is 5.32 Å². The first-order valence-corrected chi connectivity index (χ1v) is 7.92. The first-order chi connectivity index (χ1) is 8.79. The van der Waals surface area contributed by atoms with Crippen LogP contribution in [0.25, 0.3) is 0 Å². The van der Waals surface area contributed by atoms with Crippen LogP contribution in [0.3, 0.4) is 0 Å². The largest absolute Gasteiger partial charge is 0.312 e. The van der Waals surface area contributed by atoms with Gasteiger partial charge in [0, 0.05) is 6.04 Å². The minimum Gasteiger partial charge on any atom is -0.312 e. The Morgan fingerprint density at radius 3 is 2.67 bits per heavy atom. The third-order valence-corrected chi connectivity index (χ3v) is 4.90. The fourth-order valence-electron chi connectivity index (χ4n) is 3.77. The molecule has 0 aromatic rings. The third kappa shape index (κ3) is 3.99. The van der Waals surface area contributed by atoms with Crippen molar-refractivity contribution >= 4 is 0 Å². The summed E-state index contributed by atoms with van der Waals surface area (Å²) in [6.45, 7) is 3.53. The second kappa shape index (κ2) is 7.14. The maximum atomic E-state index is 9.28. The van der Waals surface area contributed by atoms with E-state index < -0.39 is 0 Å². The highest BCUT2D eigenvalue weighted by atomic mass is 14.9. The quantitative estimate of drug-likeness (QED) is 0.769. The molecule has 2 aliphatic rings. The summed E-state index contributed by atoms with van der Waals surface area (Å²) in [5.74, 6) is 2.02. The lowest BCUT2D eigenvalue weighted by atomic mass is 9.82. The summed E-state index contributed by atoms with van der Waals surface area (Å²) in [4.78, 5) is 0. The van der Waals surface area contributed by atoms with E-state index in [-0.39, 0.29) is 5.92 Å². The van der Waals surface area contributed by atoms with Gasteiger partial charge in [0.25, 0.3) is 0 Å². The Morgan fingerprint density at radius 1 is 1.06 bits per heavy atom. The van der Waals surface area contributed by atoms with Crippen LogP contribution in [0.15, 0.2) is 0 Å². The van der Waals surface area contributed by atoms with Gasteiger partial charge in [-0.1, -0.05) is 39.0 Å². The Kier molecular flexibility index (Phi) is 5.50. The van der Waals surface area contributed by atoms with Crippen LogP contribution in [0.1, 0.15) is 64.7 Å². The van der Waals surface area contributed by atoms with E-state index in [1.165, 1.54) is 51.4 Å². The smallest absolute Gasteiger partial charge is 0.0672 e. The van der Waals surface area contributed by atoms with E-state index in [1.807, 2.05) is 0 Å². The number of rotatable bonds is 3. The van der Waals surface area contributed by atoms with E-state index in [9.17, 15) is 5.26 Å². The SMILES string of the molecule is CC1CCCC(CNC2CCCCCC2C#N)C1. The minimum atomic E-state index is 0.258. The molecule has 0 aliphatic heterocycles. The van der Waals surface area contributed by atoms with Crippen LogP contribution in [0.4, 0.5) is 0 Å². The van der Waals surface area contributed by atoms with Crippen molar-refractivity contribution in [3.05, 3.63) is 0 Å². The molecule has 2 rings (SSSR count). The molecule has 18 heavy (non-hydrogen) atoms. The Morgan fingerprint density at radius 2 is 1.89 bits per heavy atom.